The molecule has 0 aliphatic rings. The summed E-state index contributed by atoms with van der Waals surface area (Å²) in [5, 5.41) is 9.58. The van der Waals surface area contributed by atoms with Gasteiger partial charge >= 0.3 is 5.97 Å². The predicted octanol–water partition coefficient (Wildman–Crippen LogP) is 3.35. The van der Waals surface area contributed by atoms with E-state index in [-0.39, 0.29) is 11.1 Å². The number of ether oxygens (including phenoxy) is 1. The van der Waals surface area contributed by atoms with Gasteiger partial charge in [0.25, 0.3) is 5.56 Å². The van der Waals surface area contributed by atoms with Crippen molar-refractivity contribution < 1.29 is 14.6 Å². The van der Waals surface area contributed by atoms with Crippen molar-refractivity contribution in [2.24, 2.45) is 0 Å². The molecule has 0 atom stereocenters. The molecular formula is C20H18N2O4. The molecule has 0 bridgehead atoms. The lowest BCUT2D eigenvalue weighted by atomic mass is 10.2. The predicted molar refractivity (Wildman–Crippen MR) is 99.3 cm³/mol. The average Bonchev–Trinajstić information content (AvgIpc) is 2.60. The van der Waals surface area contributed by atoms with Gasteiger partial charge < -0.3 is 9.84 Å². The van der Waals surface area contributed by atoms with Crippen molar-refractivity contribution in [3.63, 3.8) is 0 Å². The summed E-state index contributed by atoms with van der Waals surface area (Å²) < 4.78 is 7.00. The largest absolute Gasteiger partial charge is 0.489 e. The van der Waals surface area contributed by atoms with Gasteiger partial charge in [0.15, 0.2) is 0 Å². The molecule has 1 aromatic heterocycles. The standard InChI is InChI=1S/C20H18N2O4/c1-12(2)11-26-16-7-8-18-17(10-16)19(23)22(13(3)21-18)15-6-4-5-14(9-15)20(24)25/h4-10H,1,11H2,2-3H3,(H,24,25). The molecule has 0 saturated carbocycles. The molecule has 26 heavy (non-hydrogen) atoms. The molecule has 2 aromatic carbocycles. The van der Waals surface area contributed by atoms with Gasteiger partial charge in [0.05, 0.1) is 22.2 Å². The van der Waals surface area contributed by atoms with E-state index < -0.39 is 5.97 Å². The first-order valence-electron chi connectivity index (χ1n) is 8.01. The van der Waals surface area contributed by atoms with E-state index in [9.17, 15) is 14.7 Å². The molecule has 1 heterocycles. The van der Waals surface area contributed by atoms with Crippen LogP contribution in [0.15, 0.2) is 59.4 Å². The van der Waals surface area contributed by atoms with Crippen LogP contribution >= 0.6 is 0 Å². The molecule has 0 amide bonds. The fraction of sp³-hybridized carbons (Fsp3) is 0.150. The molecule has 0 aliphatic heterocycles. The van der Waals surface area contributed by atoms with Crippen LogP contribution in [0.2, 0.25) is 0 Å². The number of fused-ring (bicyclic) bond motifs is 1. The van der Waals surface area contributed by atoms with Crippen molar-refractivity contribution in [1.29, 1.82) is 0 Å². The van der Waals surface area contributed by atoms with Crippen LogP contribution in [0.1, 0.15) is 23.1 Å². The van der Waals surface area contributed by atoms with Gasteiger partial charge in [-0.3, -0.25) is 9.36 Å². The van der Waals surface area contributed by atoms with Gasteiger partial charge in [-0.25, -0.2) is 9.78 Å². The van der Waals surface area contributed by atoms with E-state index in [0.717, 1.165) is 5.57 Å². The minimum atomic E-state index is -1.05. The van der Waals surface area contributed by atoms with Crippen LogP contribution in [0.3, 0.4) is 0 Å². The summed E-state index contributed by atoms with van der Waals surface area (Å²) >= 11 is 0. The Morgan fingerprint density at radius 1 is 1.27 bits per heavy atom. The van der Waals surface area contributed by atoms with Crippen molar-refractivity contribution in [3.05, 3.63) is 76.4 Å². The number of hydrogen-bond donors (Lipinski definition) is 1. The third-order valence-electron chi connectivity index (χ3n) is 3.84. The number of nitrogens with zero attached hydrogens (tertiary/aromatic N) is 2. The number of aromatic nitrogens is 2. The molecule has 6 nitrogen and oxygen atoms in total. The first-order valence-corrected chi connectivity index (χ1v) is 8.01. The highest BCUT2D eigenvalue weighted by atomic mass is 16.5. The minimum Gasteiger partial charge on any atom is -0.489 e. The maximum absolute atomic E-state index is 13.0. The topological polar surface area (TPSA) is 81.4 Å². The molecule has 6 heteroatoms. The van der Waals surface area contributed by atoms with Gasteiger partial charge in [-0.1, -0.05) is 12.6 Å². The van der Waals surface area contributed by atoms with Crippen LogP contribution in [0, 0.1) is 6.92 Å². The van der Waals surface area contributed by atoms with Crippen molar-refractivity contribution in [2.75, 3.05) is 6.61 Å². The van der Waals surface area contributed by atoms with Crippen molar-refractivity contribution in [1.82, 2.24) is 9.55 Å². The molecule has 0 spiro atoms. The van der Waals surface area contributed by atoms with Gasteiger partial charge in [0.1, 0.15) is 18.2 Å². The number of carboxylic acids is 1. The van der Waals surface area contributed by atoms with Crippen LogP contribution in [0.4, 0.5) is 0 Å². The van der Waals surface area contributed by atoms with E-state index in [1.807, 2.05) is 6.92 Å². The van der Waals surface area contributed by atoms with E-state index in [1.165, 1.54) is 16.7 Å². The zero-order valence-electron chi connectivity index (χ0n) is 14.5. The third-order valence-corrected chi connectivity index (χ3v) is 3.84. The Balaban J connectivity index is 2.17. The molecule has 1 N–H and O–H groups in total. The maximum Gasteiger partial charge on any atom is 0.335 e. The fourth-order valence-corrected chi connectivity index (χ4v) is 2.65. The SMILES string of the molecule is C=C(C)COc1ccc2nc(C)n(-c3cccc(C(=O)O)c3)c(=O)c2c1. The summed E-state index contributed by atoms with van der Waals surface area (Å²) in [4.78, 5) is 28.7. The summed E-state index contributed by atoms with van der Waals surface area (Å²) in [5.41, 5.74) is 1.70. The number of carboxylic acid groups (broad SMARTS) is 1. The Morgan fingerprint density at radius 2 is 2.04 bits per heavy atom. The van der Waals surface area contributed by atoms with Crippen LogP contribution < -0.4 is 10.3 Å². The van der Waals surface area contributed by atoms with E-state index in [0.29, 0.717) is 34.8 Å². The van der Waals surface area contributed by atoms with Gasteiger partial charge in [-0.05, 0) is 55.8 Å². The second-order valence-electron chi connectivity index (χ2n) is 6.08. The quantitative estimate of drug-likeness (QED) is 0.714. The summed E-state index contributed by atoms with van der Waals surface area (Å²) in [7, 11) is 0. The van der Waals surface area contributed by atoms with Crippen LogP contribution in [-0.2, 0) is 0 Å². The van der Waals surface area contributed by atoms with Gasteiger partial charge in [0, 0.05) is 0 Å². The molecule has 0 saturated heterocycles. The van der Waals surface area contributed by atoms with E-state index in [1.54, 1.807) is 37.3 Å². The fourth-order valence-electron chi connectivity index (χ4n) is 2.65. The molecule has 132 valence electrons. The molecule has 0 aliphatic carbocycles. The number of benzene rings is 2. The van der Waals surface area contributed by atoms with E-state index >= 15 is 0 Å². The van der Waals surface area contributed by atoms with Crippen LogP contribution in [0.5, 0.6) is 5.75 Å². The van der Waals surface area contributed by atoms with Gasteiger partial charge in [-0.15, -0.1) is 0 Å². The lowest BCUT2D eigenvalue weighted by Gasteiger charge is -2.12. The summed E-state index contributed by atoms with van der Waals surface area (Å²) in [5.74, 6) is -0.0310. The van der Waals surface area contributed by atoms with Crippen molar-refractivity contribution in [3.8, 4) is 11.4 Å². The van der Waals surface area contributed by atoms with Crippen LogP contribution in [0.25, 0.3) is 16.6 Å². The summed E-state index contributed by atoms with van der Waals surface area (Å²) in [6, 6.07) is 11.3. The number of carbonyl (C=O) groups is 1. The highest BCUT2D eigenvalue weighted by Crippen LogP contribution is 2.19. The molecule has 3 aromatic rings. The number of hydrogen-bond acceptors (Lipinski definition) is 4. The smallest absolute Gasteiger partial charge is 0.335 e. The Hall–Kier alpha value is -3.41. The number of aryl methyl sites for hydroxylation is 1. The molecule has 0 unspecified atom stereocenters. The molecule has 0 fully saturated rings. The average molecular weight is 350 g/mol. The zero-order chi connectivity index (χ0) is 18.8. The van der Waals surface area contributed by atoms with Crippen molar-refractivity contribution in [2.45, 2.75) is 13.8 Å². The molecule has 3 rings (SSSR count). The molecular weight excluding hydrogens is 332 g/mol. The Labute approximate surface area is 150 Å². The second-order valence-corrected chi connectivity index (χ2v) is 6.08. The van der Waals surface area contributed by atoms with Gasteiger partial charge in [-0.2, -0.15) is 0 Å². The Bertz CT molecular complexity index is 1080. The highest BCUT2D eigenvalue weighted by Gasteiger charge is 2.12. The van der Waals surface area contributed by atoms with Crippen molar-refractivity contribution >= 4 is 16.9 Å². The third kappa shape index (κ3) is 3.35. The second kappa shape index (κ2) is 6.84. The van der Waals surface area contributed by atoms with E-state index in [2.05, 4.69) is 11.6 Å². The number of aromatic carboxylic acids is 1. The van der Waals surface area contributed by atoms with E-state index in [4.69, 9.17) is 4.74 Å². The highest BCUT2D eigenvalue weighted by molar-refractivity contribution is 5.88. The monoisotopic (exact) mass is 350 g/mol. The molecule has 0 radical (unpaired) electrons. The Morgan fingerprint density at radius 3 is 2.73 bits per heavy atom. The lowest BCUT2D eigenvalue weighted by molar-refractivity contribution is 0.0697. The minimum absolute atomic E-state index is 0.104. The first kappa shape index (κ1) is 17.4. The van der Waals surface area contributed by atoms with Crippen LogP contribution in [-0.4, -0.2) is 27.2 Å². The first-order chi connectivity index (χ1) is 12.4. The summed E-state index contributed by atoms with van der Waals surface area (Å²) in [6.07, 6.45) is 0. The lowest BCUT2D eigenvalue weighted by Crippen LogP contribution is -2.22. The number of rotatable bonds is 5. The Kier molecular flexibility index (Phi) is 4.58. The zero-order valence-corrected chi connectivity index (χ0v) is 14.5. The van der Waals surface area contributed by atoms with Gasteiger partial charge in [0.2, 0.25) is 0 Å². The summed E-state index contributed by atoms with van der Waals surface area (Å²) in [6.45, 7) is 7.71. The normalized spacial score (nSPS) is 10.7. The maximum atomic E-state index is 13.0.